The van der Waals surface area contributed by atoms with E-state index in [1.54, 1.807) is 35.7 Å². The molecule has 0 bridgehead atoms. The number of nitrogens with zero attached hydrogens (tertiary/aromatic N) is 1. The minimum atomic E-state index is -3.52. The summed E-state index contributed by atoms with van der Waals surface area (Å²) in [6, 6.07) is 13.5. The molecule has 2 aromatic rings. The van der Waals surface area contributed by atoms with Gasteiger partial charge in [0.25, 0.3) is 5.91 Å². The molecule has 168 valence electrons. The molecule has 0 unspecified atom stereocenters. The molecule has 0 radical (unpaired) electrons. The van der Waals surface area contributed by atoms with Gasteiger partial charge in [0.15, 0.2) is 17.6 Å². The van der Waals surface area contributed by atoms with Crippen LogP contribution in [0.1, 0.15) is 39.0 Å². The van der Waals surface area contributed by atoms with Crippen LogP contribution in [0.2, 0.25) is 0 Å². The molecule has 1 saturated heterocycles. The first-order valence-electron chi connectivity index (χ1n) is 10.7. The number of nitrogens with one attached hydrogen (secondary N) is 1. The van der Waals surface area contributed by atoms with E-state index in [1.807, 2.05) is 19.1 Å². The molecule has 3 rings (SSSR count). The molecule has 8 heteroatoms. The van der Waals surface area contributed by atoms with Crippen molar-refractivity contribution < 1.29 is 22.7 Å². The Morgan fingerprint density at radius 1 is 1.00 bits per heavy atom. The van der Waals surface area contributed by atoms with Crippen LogP contribution in [0.4, 0.5) is 5.69 Å². The van der Waals surface area contributed by atoms with Gasteiger partial charge in [0.05, 0.1) is 12.0 Å². The molecule has 1 heterocycles. The van der Waals surface area contributed by atoms with Gasteiger partial charge in [-0.1, -0.05) is 31.9 Å². The average Bonchev–Trinajstić information content (AvgIpc) is 3.08. The molecule has 31 heavy (non-hydrogen) atoms. The first kappa shape index (κ1) is 23.1. The van der Waals surface area contributed by atoms with Crippen LogP contribution >= 0.6 is 0 Å². The highest BCUT2D eigenvalue weighted by Gasteiger charge is 2.25. The Labute approximate surface area is 184 Å². The quantitative estimate of drug-likeness (QED) is 0.661. The summed E-state index contributed by atoms with van der Waals surface area (Å²) in [7, 11) is -1.97. The SMILES string of the molecule is CC[C@H](Oc1ccccc1OC)C(=O)Nc1ccc(S(=O)(=O)N2CCCCCC2)cc1. The number of rotatable bonds is 8. The van der Waals surface area contributed by atoms with E-state index in [0.29, 0.717) is 36.7 Å². The number of benzene rings is 2. The monoisotopic (exact) mass is 446 g/mol. The van der Waals surface area contributed by atoms with Crippen molar-refractivity contribution in [3.63, 3.8) is 0 Å². The summed E-state index contributed by atoms with van der Waals surface area (Å²) in [5, 5.41) is 2.81. The van der Waals surface area contributed by atoms with E-state index in [0.717, 1.165) is 25.7 Å². The van der Waals surface area contributed by atoms with Gasteiger partial charge in [-0.3, -0.25) is 4.79 Å². The smallest absolute Gasteiger partial charge is 0.265 e. The summed E-state index contributed by atoms with van der Waals surface area (Å²) >= 11 is 0. The number of para-hydroxylation sites is 2. The topological polar surface area (TPSA) is 84.9 Å². The van der Waals surface area contributed by atoms with E-state index < -0.39 is 16.1 Å². The molecule has 0 aromatic heterocycles. The number of carbonyl (C=O) groups is 1. The van der Waals surface area contributed by atoms with E-state index in [9.17, 15) is 13.2 Å². The van der Waals surface area contributed by atoms with Crippen molar-refractivity contribution in [2.24, 2.45) is 0 Å². The molecule has 0 spiro atoms. The van der Waals surface area contributed by atoms with Crippen molar-refractivity contribution in [1.82, 2.24) is 4.31 Å². The third-order valence-corrected chi connectivity index (χ3v) is 7.24. The second-order valence-electron chi connectivity index (χ2n) is 7.50. The number of hydrogen-bond acceptors (Lipinski definition) is 5. The Morgan fingerprint density at radius 2 is 1.61 bits per heavy atom. The summed E-state index contributed by atoms with van der Waals surface area (Å²) in [6.07, 6.45) is 3.65. The van der Waals surface area contributed by atoms with Gasteiger partial charge in [0.1, 0.15) is 0 Å². The van der Waals surface area contributed by atoms with Crippen molar-refractivity contribution in [2.45, 2.75) is 50.0 Å². The fraction of sp³-hybridized carbons (Fsp3) is 0.435. The zero-order valence-electron chi connectivity index (χ0n) is 18.0. The second-order valence-corrected chi connectivity index (χ2v) is 9.44. The molecule has 2 aromatic carbocycles. The van der Waals surface area contributed by atoms with Gasteiger partial charge in [0, 0.05) is 18.8 Å². The highest BCUT2D eigenvalue weighted by Crippen LogP contribution is 2.28. The third kappa shape index (κ3) is 5.77. The molecule has 0 aliphatic carbocycles. The predicted octanol–water partition coefficient (Wildman–Crippen LogP) is 4.06. The van der Waals surface area contributed by atoms with Crippen molar-refractivity contribution in [3.05, 3.63) is 48.5 Å². The Kier molecular flexibility index (Phi) is 7.92. The summed E-state index contributed by atoms with van der Waals surface area (Å²) in [5.41, 5.74) is 0.516. The molecule has 1 N–H and O–H groups in total. The van der Waals surface area contributed by atoms with Gasteiger partial charge in [0.2, 0.25) is 10.0 Å². The van der Waals surface area contributed by atoms with Crippen molar-refractivity contribution in [3.8, 4) is 11.5 Å². The van der Waals surface area contributed by atoms with Crippen molar-refractivity contribution in [2.75, 3.05) is 25.5 Å². The molecule has 7 nitrogen and oxygen atoms in total. The Morgan fingerprint density at radius 3 is 2.19 bits per heavy atom. The lowest BCUT2D eigenvalue weighted by molar-refractivity contribution is -0.122. The number of hydrogen-bond donors (Lipinski definition) is 1. The lowest BCUT2D eigenvalue weighted by atomic mass is 10.2. The highest BCUT2D eigenvalue weighted by molar-refractivity contribution is 7.89. The van der Waals surface area contributed by atoms with Gasteiger partial charge >= 0.3 is 0 Å². The highest BCUT2D eigenvalue weighted by atomic mass is 32.2. The molecule has 0 saturated carbocycles. The van der Waals surface area contributed by atoms with Crippen LogP contribution in [0.5, 0.6) is 11.5 Å². The summed E-state index contributed by atoms with van der Waals surface area (Å²) in [4.78, 5) is 13.0. The van der Waals surface area contributed by atoms with Crippen LogP contribution in [-0.4, -0.2) is 44.9 Å². The van der Waals surface area contributed by atoms with Crippen LogP contribution in [0.25, 0.3) is 0 Å². The van der Waals surface area contributed by atoms with Crippen LogP contribution in [-0.2, 0) is 14.8 Å². The van der Waals surface area contributed by atoms with Gasteiger partial charge in [-0.2, -0.15) is 4.31 Å². The maximum absolute atomic E-state index is 12.9. The lowest BCUT2D eigenvalue weighted by Gasteiger charge is -2.20. The van der Waals surface area contributed by atoms with Crippen LogP contribution in [0, 0.1) is 0 Å². The van der Waals surface area contributed by atoms with E-state index in [2.05, 4.69) is 5.32 Å². The van der Waals surface area contributed by atoms with E-state index >= 15 is 0 Å². The van der Waals surface area contributed by atoms with E-state index in [-0.39, 0.29) is 10.8 Å². The Hall–Kier alpha value is -2.58. The molecule has 1 amide bonds. The first-order chi connectivity index (χ1) is 15.0. The zero-order valence-corrected chi connectivity index (χ0v) is 18.9. The van der Waals surface area contributed by atoms with Crippen LogP contribution < -0.4 is 14.8 Å². The minimum Gasteiger partial charge on any atom is -0.493 e. The average molecular weight is 447 g/mol. The number of ether oxygens (including phenoxy) is 2. The molecule has 1 aliphatic heterocycles. The summed E-state index contributed by atoms with van der Waals surface area (Å²) in [5.74, 6) is 0.735. The van der Waals surface area contributed by atoms with E-state index in [1.165, 1.54) is 12.1 Å². The van der Waals surface area contributed by atoms with Crippen molar-refractivity contribution in [1.29, 1.82) is 0 Å². The fourth-order valence-electron chi connectivity index (χ4n) is 3.56. The lowest BCUT2D eigenvalue weighted by Crippen LogP contribution is -2.33. The summed E-state index contributed by atoms with van der Waals surface area (Å²) < 4.78 is 38.5. The molecule has 1 atom stereocenters. The Balaban J connectivity index is 1.67. The number of sulfonamides is 1. The molecule has 1 aliphatic rings. The maximum Gasteiger partial charge on any atom is 0.265 e. The largest absolute Gasteiger partial charge is 0.493 e. The number of anilines is 1. The van der Waals surface area contributed by atoms with Crippen molar-refractivity contribution >= 4 is 21.6 Å². The molecular formula is C23H30N2O5S. The van der Waals surface area contributed by atoms with Gasteiger partial charge < -0.3 is 14.8 Å². The maximum atomic E-state index is 12.9. The summed E-state index contributed by atoms with van der Waals surface area (Å²) in [6.45, 7) is 2.97. The van der Waals surface area contributed by atoms with Crippen LogP contribution in [0.3, 0.4) is 0 Å². The first-order valence-corrected chi connectivity index (χ1v) is 12.1. The number of carbonyl (C=O) groups excluding carboxylic acids is 1. The Bertz CT molecular complexity index is 968. The van der Waals surface area contributed by atoms with E-state index in [4.69, 9.17) is 9.47 Å². The fourth-order valence-corrected chi connectivity index (χ4v) is 5.07. The standard InChI is InChI=1S/C23H30N2O5S/c1-3-20(30-22-11-7-6-10-21(22)29-2)23(26)24-18-12-14-19(15-13-18)31(27,28)25-16-8-4-5-9-17-25/h6-7,10-15,20H,3-5,8-9,16-17H2,1-2H3,(H,24,26)/t20-/m0/s1. The van der Waals surface area contributed by atoms with Gasteiger partial charge in [-0.25, -0.2) is 8.42 Å². The number of amides is 1. The van der Waals surface area contributed by atoms with Gasteiger partial charge in [-0.15, -0.1) is 0 Å². The third-order valence-electron chi connectivity index (χ3n) is 5.33. The van der Waals surface area contributed by atoms with Crippen LogP contribution in [0.15, 0.2) is 53.4 Å². The molecule has 1 fully saturated rings. The number of methoxy groups -OCH3 is 1. The second kappa shape index (κ2) is 10.6. The normalized spacial score (nSPS) is 16.2. The predicted molar refractivity (Wildman–Crippen MR) is 120 cm³/mol. The zero-order chi connectivity index (χ0) is 22.3. The van der Waals surface area contributed by atoms with Gasteiger partial charge in [-0.05, 0) is 55.7 Å². The molecular weight excluding hydrogens is 416 g/mol. The minimum absolute atomic E-state index is 0.240.